The van der Waals surface area contributed by atoms with E-state index in [0.717, 1.165) is 10.9 Å². The van der Waals surface area contributed by atoms with Gasteiger partial charge in [0.2, 0.25) is 0 Å². The van der Waals surface area contributed by atoms with Gasteiger partial charge >= 0.3 is 5.97 Å². The SMILES string of the molecule is CCN(Cc1ccc2c(c1)OCCO2)C(=O)COC(=O)c1ccc2ccccc2n1. The first-order valence-corrected chi connectivity index (χ1v) is 9.83. The lowest BCUT2D eigenvalue weighted by molar-refractivity contribution is -0.134. The lowest BCUT2D eigenvalue weighted by Gasteiger charge is -2.23. The maximum Gasteiger partial charge on any atom is 0.357 e. The van der Waals surface area contributed by atoms with Gasteiger partial charge in [-0.25, -0.2) is 9.78 Å². The highest BCUT2D eigenvalue weighted by molar-refractivity contribution is 5.92. The Morgan fingerprint density at radius 3 is 2.67 bits per heavy atom. The molecule has 0 saturated heterocycles. The number of esters is 1. The van der Waals surface area contributed by atoms with E-state index in [-0.39, 0.29) is 18.2 Å². The summed E-state index contributed by atoms with van der Waals surface area (Å²) in [5.41, 5.74) is 1.79. The largest absolute Gasteiger partial charge is 0.486 e. The van der Waals surface area contributed by atoms with Gasteiger partial charge in [0, 0.05) is 18.5 Å². The smallest absolute Gasteiger partial charge is 0.357 e. The van der Waals surface area contributed by atoms with Crippen molar-refractivity contribution in [3.63, 3.8) is 0 Å². The van der Waals surface area contributed by atoms with Gasteiger partial charge < -0.3 is 19.1 Å². The molecule has 7 heteroatoms. The predicted molar refractivity (Wildman–Crippen MR) is 111 cm³/mol. The molecule has 0 saturated carbocycles. The molecular formula is C23H22N2O5. The molecule has 30 heavy (non-hydrogen) atoms. The third-order valence-corrected chi connectivity index (χ3v) is 4.85. The third kappa shape index (κ3) is 4.35. The lowest BCUT2D eigenvalue weighted by Crippen LogP contribution is -2.34. The molecule has 1 aliphatic rings. The number of rotatable bonds is 6. The van der Waals surface area contributed by atoms with Crippen molar-refractivity contribution in [1.29, 1.82) is 0 Å². The average Bonchev–Trinajstić information content (AvgIpc) is 2.80. The highest BCUT2D eigenvalue weighted by Crippen LogP contribution is 2.31. The van der Waals surface area contributed by atoms with Crippen LogP contribution in [0.3, 0.4) is 0 Å². The van der Waals surface area contributed by atoms with Crippen molar-refractivity contribution in [1.82, 2.24) is 9.88 Å². The van der Waals surface area contributed by atoms with E-state index in [1.807, 2.05) is 49.4 Å². The molecule has 0 N–H and O–H groups in total. The van der Waals surface area contributed by atoms with E-state index in [1.165, 1.54) is 0 Å². The van der Waals surface area contributed by atoms with Gasteiger partial charge in [0.05, 0.1) is 5.52 Å². The van der Waals surface area contributed by atoms with Crippen LogP contribution in [0.1, 0.15) is 23.0 Å². The molecule has 154 valence electrons. The molecule has 0 fully saturated rings. The molecule has 0 spiro atoms. The van der Waals surface area contributed by atoms with Crippen LogP contribution in [0.5, 0.6) is 11.5 Å². The number of hydrogen-bond donors (Lipinski definition) is 0. The number of ether oxygens (including phenoxy) is 3. The van der Waals surface area contributed by atoms with Gasteiger partial charge in [-0.2, -0.15) is 0 Å². The van der Waals surface area contributed by atoms with E-state index in [9.17, 15) is 9.59 Å². The van der Waals surface area contributed by atoms with Crippen LogP contribution in [0.2, 0.25) is 0 Å². The van der Waals surface area contributed by atoms with Crippen molar-refractivity contribution in [3.8, 4) is 11.5 Å². The number of likely N-dealkylation sites (N-methyl/N-ethyl adjacent to an activating group) is 1. The predicted octanol–water partition coefficient (Wildman–Crippen LogP) is 3.21. The van der Waals surface area contributed by atoms with E-state index in [0.29, 0.717) is 43.3 Å². The fraction of sp³-hybridized carbons (Fsp3) is 0.261. The molecular weight excluding hydrogens is 384 g/mol. The molecule has 0 aliphatic carbocycles. The van der Waals surface area contributed by atoms with E-state index >= 15 is 0 Å². The Kier molecular flexibility index (Phi) is 5.79. The van der Waals surface area contributed by atoms with Crippen molar-refractivity contribution in [3.05, 3.63) is 65.9 Å². The van der Waals surface area contributed by atoms with Crippen LogP contribution >= 0.6 is 0 Å². The lowest BCUT2D eigenvalue weighted by atomic mass is 10.1. The molecule has 1 amide bonds. The zero-order valence-electron chi connectivity index (χ0n) is 16.7. The first-order chi connectivity index (χ1) is 14.6. The molecule has 7 nitrogen and oxygen atoms in total. The van der Waals surface area contributed by atoms with Crippen LogP contribution in [0.15, 0.2) is 54.6 Å². The van der Waals surface area contributed by atoms with Gasteiger partial charge in [0.25, 0.3) is 5.91 Å². The van der Waals surface area contributed by atoms with E-state index in [1.54, 1.807) is 17.0 Å². The van der Waals surface area contributed by atoms with Gasteiger partial charge in [-0.3, -0.25) is 4.79 Å². The Hall–Kier alpha value is -3.61. The number of benzene rings is 2. The number of pyridine rings is 1. The first-order valence-electron chi connectivity index (χ1n) is 9.83. The topological polar surface area (TPSA) is 78.0 Å². The van der Waals surface area contributed by atoms with Crippen LogP contribution in [0.4, 0.5) is 0 Å². The summed E-state index contributed by atoms with van der Waals surface area (Å²) in [6.07, 6.45) is 0. The third-order valence-electron chi connectivity index (χ3n) is 4.85. The number of carbonyl (C=O) groups excluding carboxylic acids is 2. The molecule has 2 heterocycles. The molecule has 2 aromatic carbocycles. The van der Waals surface area contributed by atoms with Crippen molar-refractivity contribution in [2.45, 2.75) is 13.5 Å². The molecule has 0 atom stereocenters. The van der Waals surface area contributed by atoms with Crippen LogP contribution in [-0.4, -0.2) is 48.1 Å². The van der Waals surface area contributed by atoms with Crippen molar-refractivity contribution >= 4 is 22.8 Å². The number of fused-ring (bicyclic) bond motifs is 2. The standard InChI is InChI=1S/C23H22N2O5/c1-2-25(14-16-7-10-20-21(13-16)29-12-11-28-20)22(26)15-30-23(27)19-9-8-17-5-3-4-6-18(17)24-19/h3-10,13H,2,11-12,14-15H2,1H3. The average molecular weight is 406 g/mol. The second-order valence-corrected chi connectivity index (χ2v) is 6.85. The monoisotopic (exact) mass is 406 g/mol. The Morgan fingerprint density at radius 1 is 1.03 bits per heavy atom. The van der Waals surface area contributed by atoms with Gasteiger partial charge in [-0.1, -0.05) is 30.3 Å². The Balaban J connectivity index is 1.37. The Morgan fingerprint density at radius 2 is 1.83 bits per heavy atom. The maximum atomic E-state index is 12.6. The van der Waals surface area contributed by atoms with Crippen LogP contribution < -0.4 is 9.47 Å². The molecule has 0 unspecified atom stereocenters. The second-order valence-electron chi connectivity index (χ2n) is 6.85. The summed E-state index contributed by atoms with van der Waals surface area (Å²) in [6, 6.07) is 16.5. The number of amides is 1. The van der Waals surface area contributed by atoms with Crippen molar-refractivity contribution in [2.75, 3.05) is 26.4 Å². The molecule has 1 aliphatic heterocycles. The van der Waals surface area contributed by atoms with Gasteiger partial charge in [0.1, 0.15) is 18.9 Å². The second kappa shape index (κ2) is 8.82. The Labute approximate surface area is 174 Å². The van der Waals surface area contributed by atoms with Crippen molar-refractivity contribution < 1.29 is 23.8 Å². The number of nitrogens with zero attached hydrogens (tertiary/aromatic N) is 2. The minimum Gasteiger partial charge on any atom is -0.486 e. The van der Waals surface area contributed by atoms with Gasteiger partial charge in [-0.05, 0) is 36.8 Å². The summed E-state index contributed by atoms with van der Waals surface area (Å²) in [4.78, 5) is 30.8. The van der Waals surface area contributed by atoms with Gasteiger partial charge in [-0.15, -0.1) is 0 Å². The highest BCUT2D eigenvalue weighted by Gasteiger charge is 2.18. The number of para-hydroxylation sites is 1. The molecule has 0 radical (unpaired) electrons. The van der Waals surface area contributed by atoms with Crippen molar-refractivity contribution in [2.24, 2.45) is 0 Å². The summed E-state index contributed by atoms with van der Waals surface area (Å²) in [5, 5.41) is 0.932. The summed E-state index contributed by atoms with van der Waals surface area (Å²) < 4.78 is 16.3. The van der Waals surface area contributed by atoms with Crippen LogP contribution in [-0.2, 0) is 16.1 Å². The quantitative estimate of drug-likeness (QED) is 0.585. The fourth-order valence-electron chi connectivity index (χ4n) is 3.26. The molecule has 1 aromatic heterocycles. The zero-order chi connectivity index (χ0) is 20.9. The molecule has 0 bridgehead atoms. The van der Waals surface area contributed by atoms with Gasteiger partial charge in [0.15, 0.2) is 18.1 Å². The minimum absolute atomic E-state index is 0.177. The highest BCUT2D eigenvalue weighted by atomic mass is 16.6. The molecule has 4 rings (SSSR count). The number of aromatic nitrogens is 1. The summed E-state index contributed by atoms with van der Waals surface area (Å²) in [7, 11) is 0. The number of hydrogen-bond acceptors (Lipinski definition) is 6. The first kappa shape index (κ1) is 19.7. The maximum absolute atomic E-state index is 12.6. The van der Waals surface area contributed by atoms with E-state index in [4.69, 9.17) is 14.2 Å². The Bertz CT molecular complexity index is 1080. The minimum atomic E-state index is -0.621. The summed E-state index contributed by atoms with van der Waals surface area (Å²) >= 11 is 0. The zero-order valence-corrected chi connectivity index (χ0v) is 16.7. The number of carbonyl (C=O) groups is 2. The van der Waals surface area contributed by atoms with E-state index < -0.39 is 5.97 Å². The molecule has 3 aromatic rings. The summed E-state index contributed by atoms with van der Waals surface area (Å²) in [6.45, 7) is 3.44. The normalized spacial score (nSPS) is 12.4. The summed E-state index contributed by atoms with van der Waals surface area (Å²) in [5.74, 6) is 0.485. The van der Waals surface area contributed by atoms with Crippen LogP contribution in [0, 0.1) is 0 Å². The fourth-order valence-corrected chi connectivity index (χ4v) is 3.26. The van der Waals surface area contributed by atoms with E-state index in [2.05, 4.69) is 4.98 Å². The van der Waals surface area contributed by atoms with Crippen LogP contribution in [0.25, 0.3) is 10.9 Å².